The Morgan fingerprint density at radius 2 is 2.00 bits per heavy atom. The van der Waals surface area contributed by atoms with Gasteiger partial charge < -0.3 is 10.8 Å². The topological polar surface area (TPSA) is 127 Å². The Morgan fingerprint density at radius 1 is 1.37 bits per heavy atom. The van der Waals surface area contributed by atoms with E-state index in [1.165, 1.54) is 12.1 Å². The van der Waals surface area contributed by atoms with Crippen molar-refractivity contribution in [3.63, 3.8) is 0 Å². The average molecular weight is 305 g/mol. The number of carboxylic acids is 1. The van der Waals surface area contributed by atoms with Crippen molar-refractivity contribution in [1.82, 2.24) is 5.32 Å². The van der Waals surface area contributed by atoms with E-state index in [1.54, 1.807) is 5.32 Å². The maximum absolute atomic E-state index is 11.8. The first kappa shape index (κ1) is 15.1. The number of imide groups is 1. The van der Waals surface area contributed by atoms with E-state index in [0.717, 1.165) is 6.07 Å². The van der Waals surface area contributed by atoms with Crippen molar-refractivity contribution in [3.8, 4) is 0 Å². The van der Waals surface area contributed by atoms with Gasteiger partial charge in [-0.1, -0.05) is 11.6 Å². The number of amides is 3. The highest BCUT2D eigenvalue weighted by atomic mass is 35.5. The molecule has 3 amide bonds. The smallest absolute Gasteiger partial charge is 0.337 e. The minimum absolute atomic E-state index is 0.00478. The summed E-state index contributed by atoms with van der Waals surface area (Å²) >= 11 is 5.65. The quantitative estimate of drug-likeness (QED) is 0.739. The summed E-state index contributed by atoms with van der Waals surface area (Å²) in [5, 5.41) is 10.6. The molecule has 0 spiro atoms. The summed E-state index contributed by atoms with van der Waals surface area (Å²) in [7, 11) is -1.81. The molecule has 19 heavy (non-hydrogen) atoms. The molecule has 7 nitrogen and oxygen atoms in total. The molecule has 1 aromatic rings. The second-order valence-corrected chi connectivity index (χ2v) is 5.21. The zero-order chi connectivity index (χ0) is 14.6. The molecule has 1 rings (SSSR count). The normalized spacial score (nSPS) is 11.6. The van der Waals surface area contributed by atoms with Gasteiger partial charge in [0.2, 0.25) is 5.91 Å². The Hall–Kier alpha value is -1.93. The molecule has 4 N–H and O–H groups in total. The number of halogens is 1. The third-order valence-corrected chi connectivity index (χ3v) is 3.59. The van der Waals surface area contributed by atoms with Crippen LogP contribution in [-0.2, 0) is 15.6 Å². The Bertz CT molecular complexity index is 575. The van der Waals surface area contributed by atoms with Crippen LogP contribution in [0.5, 0.6) is 0 Å². The monoisotopic (exact) mass is 304 g/mol. The largest absolute Gasteiger partial charge is 0.478 e. The van der Waals surface area contributed by atoms with Crippen LogP contribution in [-0.4, -0.2) is 33.0 Å². The summed E-state index contributed by atoms with van der Waals surface area (Å²) < 4.78 is 11.8. The van der Waals surface area contributed by atoms with E-state index in [9.17, 15) is 18.6 Å². The van der Waals surface area contributed by atoms with Crippen molar-refractivity contribution in [2.24, 2.45) is 5.73 Å². The first-order chi connectivity index (χ1) is 8.81. The fraction of sp³-hybridized carbons (Fsp3) is 0.100. The van der Waals surface area contributed by atoms with Gasteiger partial charge in [0.15, 0.2) is 0 Å². The minimum atomic E-state index is -1.81. The van der Waals surface area contributed by atoms with Crippen molar-refractivity contribution in [1.29, 1.82) is 0 Å². The zero-order valence-corrected chi connectivity index (χ0v) is 11.0. The van der Waals surface area contributed by atoms with Crippen LogP contribution in [0.3, 0.4) is 0 Å². The van der Waals surface area contributed by atoms with Crippen molar-refractivity contribution in [3.05, 3.63) is 28.8 Å². The number of rotatable bonds is 4. The maximum atomic E-state index is 11.8. The van der Waals surface area contributed by atoms with Gasteiger partial charge >= 0.3 is 12.0 Å². The van der Waals surface area contributed by atoms with E-state index >= 15 is 0 Å². The number of hydrogen-bond acceptors (Lipinski definition) is 4. The average Bonchev–Trinajstić information content (AvgIpc) is 2.27. The fourth-order valence-electron chi connectivity index (χ4n) is 1.19. The number of urea groups is 1. The Kier molecular flexibility index (Phi) is 5.02. The summed E-state index contributed by atoms with van der Waals surface area (Å²) in [6.07, 6.45) is 0. The Morgan fingerprint density at radius 3 is 2.53 bits per heavy atom. The van der Waals surface area contributed by atoms with E-state index in [4.69, 9.17) is 22.4 Å². The van der Waals surface area contributed by atoms with E-state index in [-0.39, 0.29) is 15.5 Å². The van der Waals surface area contributed by atoms with E-state index in [1.807, 2.05) is 0 Å². The lowest BCUT2D eigenvalue weighted by Crippen LogP contribution is -2.37. The van der Waals surface area contributed by atoms with Gasteiger partial charge in [0.25, 0.3) is 0 Å². The van der Waals surface area contributed by atoms with Gasteiger partial charge in [0.05, 0.1) is 21.4 Å². The van der Waals surface area contributed by atoms with Gasteiger partial charge in [-0.3, -0.25) is 14.3 Å². The molecule has 0 radical (unpaired) electrons. The summed E-state index contributed by atoms with van der Waals surface area (Å²) in [6.45, 7) is 0. The van der Waals surface area contributed by atoms with E-state index in [0.29, 0.717) is 0 Å². The second-order valence-electron chi connectivity index (χ2n) is 3.35. The van der Waals surface area contributed by atoms with Gasteiger partial charge in [0, 0.05) is 4.90 Å². The van der Waals surface area contributed by atoms with Crippen LogP contribution in [0.1, 0.15) is 10.4 Å². The number of benzene rings is 1. The number of hydrogen-bond donors (Lipinski definition) is 3. The highest BCUT2D eigenvalue weighted by Gasteiger charge is 2.15. The summed E-state index contributed by atoms with van der Waals surface area (Å²) in [4.78, 5) is 32.5. The van der Waals surface area contributed by atoms with Gasteiger partial charge in [-0.05, 0) is 18.2 Å². The lowest BCUT2D eigenvalue weighted by molar-refractivity contribution is -0.117. The molecule has 0 bridgehead atoms. The number of primary amides is 1. The van der Waals surface area contributed by atoms with Crippen LogP contribution >= 0.6 is 11.6 Å². The molecule has 0 aromatic heterocycles. The fourth-order valence-corrected chi connectivity index (χ4v) is 2.33. The van der Waals surface area contributed by atoms with Crippen molar-refractivity contribution < 1.29 is 23.7 Å². The van der Waals surface area contributed by atoms with Crippen LogP contribution in [0.15, 0.2) is 23.1 Å². The molecule has 0 fully saturated rings. The molecule has 1 unspecified atom stereocenters. The SMILES string of the molecule is NC(=O)NC(=O)CS(=O)c1ccc(Cl)c(C(=O)O)c1. The zero-order valence-electron chi connectivity index (χ0n) is 9.38. The minimum Gasteiger partial charge on any atom is -0.478 e. The molecule has 9 heteroatoms. The summed E-state index contributed by atoms with van der Waals surface area (Å²) in [6, 6.07) is 2.66. The van der Waals surface area contributed by atoms with Crippen LogP contribution in [0.2, 0.25) is 5.02 Å². The van der Waals surface area contributed by atoms with Crippen molar-refractivity contribution >= 4 is 40.3 Å². The van der Waals surface area contributed by atoms with Crippen molar-refractivity contribution in [2.45, 2.75) is 4.90 Å². The maximum Gasteiger partial charge on any atom is 0.337 e. The number of nitrogens with one attached hydrogen (secondary N) is 1. The molecule has 1 aromatic carbocycles. The van der Waals surface area contributed by atoms with Crippen LogP contribution < -0.4 is 11.1 Å². The van der Waals surface area contributed by atoms with Gasteiger partial charge in [-0.2, -0.15) is 0 Å². The lowest BCUT2D eigenvalue weighted by Gasteiger charge is -2.04. The predicted octanol–water partition coefficient (Wildman–Crippen LogP) is 0.341. The first-order valence-electron chi connectivity index (χ1n) is 4.81. The van der Waals surface area contributed by atoms with Crippen LogP contribution in [0.4, 0.5) is 4.79 Å². The molecule has 0 saturated carbocycles. The Labute approximate surface area is 115 Å². The van der Waals surface area contributed by atoms with Crippen LogP contribution in [0, 0.1) is 0 Å². The number of aromatic carboxylic acids is 1. The number of carbonyl (C=O) groups excluding carboxylic acids is 2. The van der Waals surface area contributed by atoms with Gasteiger partial charge in [0.1, 0.15) is 5.75 Å². The molecule has 0 aliphatic heterocycles. The first-order valence-corrected chi connectivity index (χ1v) is 6.51. The molecule has 1 atom stereocenters. The molecular formula is C10H9ClN2O5S. The predicted molar refractivity (Wildman–Crippen MR) is 67.4 cm³/mol. The number of nitrogens with two attached hydrogens (primary N) is 1. The molecule has 0 saturated heterocycles. The highest BCUT2D eigenvalue weighted by molar-refractivity contribution is 7.85. The van der Waals surface area contributed by atoms with Gasteiger partial charge in [-0.25, -0.2) is 9.59 Å². The number of carbonyl (C=O) groups is 3. The molecule has 0 aliphatic carbocycles. The van der Waals surface area contributed by atoms with Crippen molar-refractivity contribution in [2.75, 3.05) is 5.75 Å². The summed E-state index contributed by atoms with van der Waals surface area (Å²) in [5.41, 5.74) is 4.51. The molecule has 102 valence electrons. The Balaban J connectivity index is 2.89. The van der Waals surface area contributed by atoms with Crippen LogP contribution in [0.25, 0.3) is 0 Å². The molecule has 0 aliphatic rings. The third-order valence-electron chi connectivity index (χ3n) is 1.96. The summed E-state index contributed by atoms with van der Waals surface area (Å²) in [5.74, 6) is -2.60. The lowest BCUT2D eigenvalue weighted by atomic mass is 10.2. The standard InChI is InChI=1S/C10H9ClN2O5S/c11-7-2-1-5(3-6(7)9(15)16)19(18)4-8(14)13-10(12)17/h1-3H,4H2,(H,15,16)(H3,12,13,14,17). The van der Waals surface area contributed by atoms with E-state index < -0.39 is 34.5 Å². The van der Waals surface area contributed by atoms with E-state index in [2.05, 4.69) is 0 Å². The van der Waals surface area contributed by atoms with Gasteiger partial charge in [-0.15, -0.1) is 0 Å². The highest BCUT2D eigenvalue weighted by Crippen LogP contribution is 2.19. The number of carboxylic acid groups (broad SMARTS) is 1. The second kappa shape index (κ2) is 6.30. The molecular weight excluding hydrogens is 296 g/mol. The molecule has 0 heterocycles. The third kappa shape index (κ3) is 4.34.